The summed E-state index contributed by atoms with van der Waals surface area (Å²) in [6, 6.07) is 0. The zero-order valence-corrected chi connectivity index (χ0v) is 28.4. The summed E-state index contributed by atoms with van der Waals surface area (Å²) in [5.41, 5.74) is 0. The van der Waals surface area contributed by atoms with Gasteiger partial charge in [-0.1, -0.05) is 44.9 Å². The van der Waals surface area contributed by atoms with Gasteiger partial charge < -0.3 is 73.6 Å². The summed E-state index contributed by atoms with van der Waals surface area (Å²) in [5, 5.41) is 70.4. The van der Waals surface area contributed by atoms with Gasteiger partial charge in [-0.25, -0.2) is 0 Å². The predicted molar refractivity (Wildman–Crippen MR) is 171 cm³/mol. The average Bonchev–Trinajstić information content (AvgIpc) is 3.07. The van der Waals surface area contributed by atoms with E-state index in [1.54, 1.807) is 0 Å². The fourth-order valence-corrected chi connectivity index (χ4v) is 5.46. The molecule has 2 aliphatic rings. The van der Waals surface area contributed by atoms with Crippen LogP contribution in [0.5, 0.6) is 0 Å². The molecule has 0 aromatic heterocycles. The standard InChI is InChI=1S/C31H60O15S/c32-20-22-24(34)25(35)27(37)31(44-22)46-29-23(21-33)45-30(28(38)26(29)36)43-18-17-42-16-15-41-14-13-40-12-11-39-10-8-6-4-2-1-3-5-7-9-19-47/h22-38,47H,1-21H2/t22-,23-,24-,25+,26+,27+,28+,29+,30+,31-/m0/s1. The maximum absolute atomic E-state index is 10.6. The fraction of sp³-hybridized carbons (Fsp3) is 1.00. The zero-order chi connectivity index (χ0) is 34.3. The first-order valence-corrected chi connectivity index (χ1v) is 17.6. The van der Waals surface area contributed by atoms with Crippen LogP contribution < -0.4 is 0 Å². The maximum Gasteiger partial charge on any atom is 0.187 e. The molecule has 10 atom stereocenters. The SMILES string of the molecule is OC[C@@H]1O[C@@H](O[C@H]2[C@H](O)[C@@H](O)[C@H](OCCOCCOCCOCCOCCCCCCCCCCCS)O[C@H]2CO)[C@H](O)[C@H](O)[C@H]1O. The summed E-state index contributed by atoms with van der Waals surface area (Å²) in [4.78, 5) is 0. The minimum absolute atomic E-state index is 0.00489. The second-order valence-electron chi connectivity index (χ2n) is 11.7. The Labute approximate surface area is 283 Å². The van der Waals surface area contributed by atoms with Crippen LogP contribution in [0.1, 0.15) is 57.8 Å². The molecule has 280 valence electrons. The van der Waals surface area contributed by atoms with Crippen LogP contribution in [0.25, 0.3) is 0 Å². The van der Waals surface area contributed by atoms with Crippen molar-refractivity contribution in [3.8, 4) is 0 Å². The van der Waals surface area contributed by atoms with E-state index in [1.165, 1.54) is 51.4 Å². The van der Waals surface area contributed by atoms with Crippen LogP contribution in [-0.2, 0) is 37.9 Å². The molecule has 47 heavy (non-hydrogen) atoms. The second kappa shape index (κ2) is 26.5. The van der Waals surface area contributed by atoms with Gasteiger partial charge in [-0.15, -0.1) is 0 Å². The number of unbranched alkanes of at least 4 members (excludes halogenated alkanes) is 8. The molecule has 15 nitrogen and oxygen atoms in total. The van der Waals surface area contributed by atoms with E-state index in [0.717, 1.165) is 18.8 Å². The molecule has 16 heteroatoms. The zero-order valence-electron chi connectivity index (χ0n) is 27.5. The van der Waals surface area contributed by atoms with Crippen molar-refractivity contribution in [1.29, 1.82) is 0 Å². The van der Waals surface area contributed by atoms with Gasteiger partial charge in [-0.05, 0) is 18.6 Å². The summed E-state index contributed by atoms with van der Waals surface area (Å²) in [6.45, 7) is 2.19. The third kappa shape index (κ3) is 16.5. The van der Waals surface area contributed by atoms with Crippen molar-refractivity contribution in [2.75, 3.05) is 78.4 Å². The Morgan fingerprint density at radius 2 is 0.894 bits per heavy atom. The molecule has 2 saturated heterocycles. The molecule has 0 radical (unpaired) electrons. The highest BCUT2D eigenvalue weighted by molar-refractivity contribution is 7.80. The molecule has 0 unspecified atom stereocenters. The van der Waals surface area contributed by atoms with Crippen molar-refractivity contribution in [3.05, 3.63) is 0 Å². The number of aliphatic hydroxyl groups is 7. The fourth-order valence-electron chi connectivity index (χ4n) is 5.23. The van der Waals surface area contributed by atoms with Crippen LogP contribution >= 0.6 is 12.6 Å². The number of thiol groups is 1. The summed E-state index contributed by atoms with van der Waals surface area (Å²) in [7, 11) is 0. The molecular formula is C31H60O15S. The molecule has 2 aliphatic heterocycles. The van der Waals surface area contributed by atoms with Gasteiger partial charge >= 0.3 is 0 Å². The normalized spacial score (nSPS) is 31.4. The van der Waals surface area contributed by atoms with Crippen molar-refractivity contribution in [2.24, 2.45) is 0 Å². The minimum Gasteiger partial charge on any atom is -0.394 e. The van der Waals surface area contributed by atoms with Crippen molar-refractivity contribution < 1.29 is 73.6 Å². The Balaban J connectivity index is 1.44. The number of rotatable bonds is 28. The average molecular weight is 705 g/mol. The third-order valence-corrected chi connectivity index (χ3v) is 8.35. The summed E-state index contributed by atoms with van der Waals surface area (Å²) in [5.74, 6) is 0.994. The predicted octanol–water partition coefficient (Wildman–Crippen LogP) is -0.866. The molecule has 2 fully saturated rings. The van der Waals surface area contributed by atoms with Gasteiger partial charge in [0.25, 0.3) is 0 Å². The Morgan fingerprint density at radius 1 is 0.447 bits per heavy atom. The molecule has 0 aromatic rings. The highest BCUT2D eigenvalue weighted by Gasteiger charge is 2.50. The van der Waals surface area contributed by atoms with Crippen molar-refractivity contribution >= 4 is 12.6 Å². The lowest BCUT2D eigenvalue weighted by atomic mass is 9.97. The van der Waals surface area contributed by atoms with Crippen LogP contribution in [0, 0.1) is 0 Å². The lowest BCUT2D eigenvalue weighted by Crippen LogP contribution is -2.64. The topological polar surface area (TPSA) is 215 Å². The molecule has 0 aromatic carbocycles. The third-order valence-electron chi connectivity index (χ3n) is 8.03. The van der Waals surface area contributed by atoms with Gasteiger partial charge in [0.15, 0.2) is 12.6 Å². The van der Waals surface area contributed by atoms with Crippen LogP contribution in [-0.4, -0.2) is 176 Å². The van der Waals surface area contributed by atoms with Gasteiger partial charge in [0.05, 0.1) is 66.1 Å². The van der Waals surface area contributed by atoms with Crippen LogP contribution in [0.2, 0.25) is 0 Å². The largest absolute Gasteiger partial charge is 0.394 e. The smallest absolute Gasteiger partial charge is 0.187 e. The summed E-state index contributed by atoms with van der Waals surface area (Å²) in [6.07, 6.45) is -3.64. The van der Waals surface area contributed by atoms with E-state index >= 15 is 0 Å². The second-order valence-corrected chi connectivity index (χ2v) is 12.2. The van der Waals surface area contributed by atoms with Crippen LogP contribution in [0.15, 0.2) is 0 Å². The molecule has 0 bridgehead atoms. The van der Waals surface area contributed by atoms with Gasteiger partial charge in [0.1, 0.15) is 48.8 Å². The first-order valence-electron chi connectivity index (χ1n) is 17.0. The monoisotopic (exact) mass is 704 g/mol. The van der Waals surface area contributed by atoms with E-state index in [9.17, 15) is 35.7 Å². The Hall–Kier alpha value is -0.250. The van der Waals surface area contributed by atoms with Crippen LogP contribution in [0.4, 0.5) is 0 Å². The molecular weight excluding hydrogens is 644 g/mol. The van der Waals surface area contributed by atoms with Crippen molar-refractivity contribution in [3.63, 3.8) is 0 Å². The highest BCUT2D eigenvalue weighted by atomic mass is 32.1. The highest BCUT2D eigenvalue weighted by Crippen LogP contribution is 2.29. The molecule has 2 heterocycles. The number of hydrogen-bond donors (Lipinski definition) is 8. The van der Waals surface area contributed by atoms with Gasteiger partial charge in [0.2, 0.25) is 0 Å². The Morgan fingerprint density at radius 3 is 1.43 bits per heavy atom. The Bertz CT molecular complexity index is 739. The van der Waals surface area contributed by atoms with E-state index in [0.29, 0.717) is 39.6 Å². The maximum atomic E-state index is 10.6. The molecule has 0 amide bonds. The lowest BCUT2D eigenvalue weighted by Gasteiger charge is -2.45. The first kappa shape index (κ1) is 42.9. The van der Waals surface area contributed by atoms with E-state index in [1.807, 2.05) is 0 Å². The molecule has 0 aliphatic carbocycles. The molecule has 0 saturated carbocycles. The summed E-state index contributed by atoms with van der Waals surface area (Å²) < 4.78 is 43.9. The van der Waals surface area contributed by atoms with E-state index < -0.39 is 74.6 Å². The first-order chi connectivity index (χ1) is 22.8. The van der Waals surface area contributed by atoms with Crippen molar-refractivity contribution in [1.82, 2.24) is 0 Å². The minimum atomic E-state index is -1.73. The lowest BCUT2D eigenvalue weighted by molar-refractivity contribution is -0.359. The van der Waals surface area contributed by atoms with E-state index in [-0.39, 0.29) is 13.2 Å². The van der Waals surface area contributed by atoms with Gasteiger partial charge in [-0.2, -0.15) is 12.6 Å². The van der Waals surface area contributed by atoms with Gasteiger partial charge in [-0.3, -0.25) is 0 Å². The van der Waals surface area contributed by atoms with Gasteiger partial charge in [0, 0.05) is 6.61 Å². The van der Waals surface area contributed by atoms with E-state index in [2.05, 4.69) is 12.6 Å². The van der Waals surface area contributed by atoms with E-state index in [4.69, 9.17) is 37.9 Å². The number of ether oxygens (including phenoxy) is 8. The number of aliphatic hydroxyl groups excluding tert-OH is 7. The van der Waals surface area contributed by atoms with Crippen LogP contribution in [0.3, 0.4) is 0 Å². The quantitative estimate of drug-likeness (QED) is 0.0367. The van der Waals surface area contributed by atoms with Crippen molar-refractivity contribution in [2.45, 2.75) is 119 Å². The molecule has 0 spiro atoms. The number of hydrogen-bond acceptors (Lipinski definition) is 16. The Kier molecular flexibility index (Phi) is 24.2. The summed E-state index contributed by atoms with van der Waals surface area (Å²) >= 11 is 4.24. The molecule has 7 N–H and O–H groups in total. The molecule has 2 rings (SSSR count).